The average molecular weight is 377 g/mol. The molecule has 0 saturated carbocycles. The molecular weight excluding hydrogens is 348 g/mol. The second-order valence-electron chi connectivity index (χ2n) is 7.60. The minimum Gasteiger partial charge on any atom is -0.497 e. The molecule has 5 heteroatoms. The van der Waals surface area contributed by atoms with Crippen molar-refractivity contribution in [2.45, 2.75) is 38.3 Å². The van der Waals surface area contributed by atoms with Crippen LogP contribution in [0.1, 0.15) is 48.5 Å². The maximum atomic E-state index is 5.37. The molecule has 3 aromatic rings. The lowest BCUT2D eigenvalue weighted by Crippen LogP contribution is -2.32. The molecule has 1 fully saturated rings. The van der Waals surface area contributed by atoms with Crippen molar-refractivity contribution in [2.75, 3.05) is 20.2 Å². The third kappa shape index (κ3) is 4.25. The summed E-state index contributed by atoms with van der Waals surface area (Å²) < 4.78 is 7.34. The number of hydrogen-bond donors (Lipinski definition) is 0. The molecule has 0 amide bonds. The summed E-state index contributed by atoms with van der Waals surface area (Å²) in [6.07, 6.45) is 4.43. The van der Waals surface area contributed by atoms with Crippen molar-refractivity contribution in [3.8, 4) is 5.75 Å². The molecule has 1 aromatic heterocycles. The van der Waals surface area contributed by atoms with E-state index in [9.17, 15) is 0 Å². The predicted molar refractivity (Wildman–Crippen MR) is 111 cm³/mol. The van der Waals surface area contributed by atoms with Gasteiger partial charge in [-0.05, 0) is 62.0 Å². The summed E-state index contributed by atoms with van der Waals surface area (Å²) in [5.74, 6) is 1.56. The number of benzene rings is 2. The van der Waals surface area contributed by atoms with E-state index in [4.69, 9.17) is 4.74 Å². The standard InChI is InChI=1S/C23H28N4O/c1-18(19-7-4-3-5-8-19)27-17-22(24-25-27)16-26-13-11-20(12-14-26)21-9-6-10-23(15-21)28-2/h3-10,15,17-18,20H,11-14,16H2,1-2H3. The molecule has 0 bridgehead atoms. The number of ether oxygens (including phenoxy) is 1. The molecule has 2 aromatic carbocycles. The Bertz CT molecular complexity index is 884. The monoisotopic (exact) mass is 376 g/mol. The summed E-state index contributed by atoms with van der Waals surface area (Å²) >= 11 is 0. The second kappa shape index (κ2) is 8.57. The maximum Gasteiger partial charge on any atom is 0.119 e. The van der Waals surface area contributed by atoms with Crippen LogP contribution >= 0.6 is 0 Å². The number of piperidine rings is 1. The Labute approximate surface area is 166 Å². The molecule has 0 spiro atoms. The molecule has 1 saturated heterocycles. The molecule has 2 heterocycles. The highest BCUT2D eigenvalue weighted by molar-refractivity contribution is 5.31. The van der Waals surface area contributed by atoms with Crippen LogP contribution in [0.2, 0.25) is 0 Å². The topological polar surface area (TPSA) is 43.2 Å². The molecule has 1 aliphatic rings. The lowest BCUT2D eigenvalue weighted by molar-refractivity contribution is 0.202. The zero-order chi connectivity index (χ0) is 19.3. The van der Waals surface area contributed by atoms with E-state index in [1.54, 1.807) is 7.11 Å². The van der Waals surface area contributed by atoms with E-state index < -0.39 is 0 Å². The van der Waals surface area contributed by atoms with E-state index in [-0.39, 0.29) is 6.04 Å². The van der Waals surface area contributed by atoms with Crippen LogP contribution < -0.4 is 4.74 Å². The Hall–Kier alpha value is -2.66. The fourth-order valence-electron chi connectivity index (χ4n) is 4.01. The van der Waals surface area contributed by atoms with Crippen molar-refractivity contribution >= 4 is 0 Å². The molecule has 4 rings (SSSR count). The first kappa shape index (κ1) is 18.7. The Morgan fingerprint density at radius 3 is 2.61 bits per heavy atom. The van der Waals surface area contributed by atoms with Gasteiger partial charge in [0.1, 0.15) is 5.75 Å². The van der Waals surface area contributed by atoms with E-state index in [1.165, 1.54) is 24.0 Å². The van der Waals surface area contributed by atoms with Crippen LogP contribution in [0.3, 0.4) is 0 Å². The van der Waals surface area contributed by atoms with Crippen molar-refractivity contribution in [3.05, 3.63) is 77.6 Å². The summed E-state index contributed by atoms with van der Waals surface area (Å²) in [5.41, 5.74) is 3.68. The van der Waals surface area contributed by atoms with E-state index in [0.29, 0.717) is 5.92 Å². The van der Waals surface area contributed by atoms with Crippen LogP contribution in [0.15, 0.2) is 60.8 Å². The minimum absolute atomic E-state index is 0.196. The number of rotatable bonds is 6. The number of nitrogens with zero attached hydrogens (tertiary/aromatic N) is 4. The third-order valence-corrected chi connectivity index (χ3v) is 5.77. The van der Waals surface area contributed by atoms with Gasteiger partial charge < -0.3 is 4.74 Å². The number of hydrogen-bond acceptors (Lipinski definition) is 4. The summed E-state index contributed by atoms with van der Waals surface area (Å²) in [7, 11) is 1.73. The quantitative estimate of drug-likeness (QED) is 0.644. The first-order valence-corrected chi connectivity index (χ1v) is 10.0. The largest absolute Gasteiger partial charge is 0.497 e. The maximum absolute atomic E-state index is 5.37. The van der Waals surface area contributed by atoms with E-state index in [0.717, 1.165) is 31.1 Å². The second-order valence-corrected chi connectivity index (χ2v) is 7.60. The molecule has 146 valence electrons. The number of aromatic nitrogens is 3. The zero-order valence-corrected chi connectivity index (χ0v) is 16.7. The smallest absolute Gasteiger partial charge is 0.119 e. The molecule has 0 N–H and O–H groups in total. The Kier molecular flexibility index (Phi) is 5.72. The van der Waals surface area contributed by atoms with Crippen molar-refractivity contribution in [3.63, 3.8) is 0 Å². The molecule has 1 unspecified atom stereocenters. The predicted octanol–water partition coefficient (Wildman–Crippen LogP) is 4.28. The highest BCUT2D eigenvalue weighted by Crippen LogP contribution is 2.30. The first-order chi connectivity index (χ1) is 13.7. The van der Waals surface area contributed by atoms with E-state index >= 15 is 0 Å². The van der Waals surface area contributed by atoms with Gasteiger partial charge in [-0.1, -0.05) is 47.7 Å². The molecule has 5 nitrogen and oxygen atoms in total. The summed E-state index contributed by atoms with van der Waals surface area (Å²) in [6, 6.07) is 19.1. The Balaban J connectivity index is 1.33. The molecular formula is C23H28N4O. The van der Waals surface area contributed by atoms with Crippen LogP contribution in [-0.2, 0) is 6.54 Å². The van der Waals surface area contributed by atoms with Crippen molar-refractivity contribution in [2.24, 2.45) is 0 Å². The van der Waals surface area contributed by atoms with Gasteiger partial charge in [-0.3, -0.25) is 4.90 Å². The fourth-order valence-corrected chi connectivity index (χ4v) is 4.01. The number of methoxy groups -OCH3 is 1. The lowest BCUT2D eigenvalue weighted by atomic mass is 9.89. The van der Waals surface area contributed by atoms with Gasteiger partial charge >= 0.3 is 0 Å². The molecule has 0 radical (unpaired) electrons. The van der Waals surface area contributed by atoms with Crippen molar-refractivity contribution in [1.82, 2.24) is 19.9 Å². The summed E-state index contributed by atoms with van der Waals surface area (Å²) in [6.45, 7) is 5.20. The first-order valence-electron chi connectivity index (χ1n) is 10.0. The summed E-state index contributed by atoms with van der Waals surface area (Å²) in [5, 5.41) is 8.78. The Morgan fingerprint density at radius 2 is 1.86 bits per heavy atom. The van der Waals surface area contributed by atoms with Gasteiger partial charge in [-0.15, -0.1) is 5.10 Å². The molecule has 28 heavy (non-hydrogen) atoms. The van der Waals surface area contributed by atoms with Crippen molar-refractivity contribution in [1.29, 1.82) is 0 Å². The normalized spacial score (nSPS) is 16.8. The van der Waals surface area contributed by atoms with Gasteiger partial charge in [0.05, 0.1) is 25.0 Å². The van der Waals surface area contributed by atoms with Gasteiger partial charge in [0.2, 0.25) is 0 Å². The fraction of sp³-hybridized carbons (Fsp3) is 0.391. The van der Waals surface area contributed by atoms with Crippen molar-refractivity contribution < 1.29 is 4.74 Å². The highest BCUT2D eigenvalue weighted by Gasteiger charge is 2.22. The van der Waals surface area contributed by atoms with Crippen LogP contribution in [0.4, 0.5) is 0 Å². The Morgan fingerprint density at radius 1 is 1.07 bits per heavy atom. The van der Waals surface area contributed by atoms with Crippen LogP contribution in [0, 0.1) is 0 Å². The van der Waals surface area contributed by atoms with Crippen LogP contribution in [0.25, 0.3) is 0 Å². The average Bonchev–Trinajstić information content (AvgIpc) is 3.23. The highest BCUT2D eigenvalue weighted by atomic mass is 16.5. The van der Waals surface area contributed by atoms with Crippen LogP contribution in [-0.4, -0.2) is 40.1 Å². The minimum atomic E-state index is 0.196. The van der Waals surface area contributed by atoms with E-state index in [1.807, 2.05) is 16.8 Å². The molecule has 0 aliphatic carbocycles. The lowest BCUT2D eigenvalue weighted by Gasteiger charge is -2.31. The van der Waals surface area contributed by atoms with E-state index in [2.05, 4.69) is 70.8 Å². The van der Waals surface area contributed by atoms with Gasteiger partial charge in [0, 0.05) is 6.54 Å². The van der Waals surface area contributed by atoms with Gasteiger partial charge in [0.25, 0.3) is 0 Å². The zero-order valence-electron chi connectivity index (χ0n) is 16.7. The van der Waals surface area contributed by atoms with Gasteiger partial charge in [-0.25, -0.2) is 4.68 Å². The SMILES string of the molecule is COc1cccc(C2CCN(Cc3cn(C(C)c4ccccc4)nn3)CC2)c1. The number of likely N-dealkylation sites (tertiary alicyclic amines) is 1. The summed E-state index contributed by atoms with van der Waals surface area (Å²) in [4.78, 5) is 2.48. The van der Waals surface area contributed by atoms with Gasteiger partial charge in [-0.2, -0.15) is 0 Å². The van der Waals surface area contributed by atoms with Crippen LogP contribution in [0.5, 0.6) is 5.75 Å². The third-order valence-electron chi connectivity index (χ3n) is 5.77. The molecule has 1 atom stereocenters. The van der Waals surface area contributed by atoms with Gasteiger partial charge in [0.15, 0.2) is 0 Å². The molecule has 1 aliphatic heterocycles.